The van der Waals surface area contributed by atoms with E-state index in [1.807, 2.05) is 6.07 Å². The summed E-state index contributed by atoms with van der Waals surface area (Å²) in [4.78, 5) is 6.53. The molecule has 1 aliphatic rings. The van der Waals surface area contributed by atoms with Gasteiger partial charge in [-0.3, -0.25) is 0 Å². The van der Waals surface area contributed by atoms with Crippen molar-refractivity contribution in [3.05, 3.63) is 24.7 Å². The van der Waals surface area contributed by atoms with Crippen molar-refractivity contribution in [2.75, 3.05) is 25.0 Å². The molecule has 0 bridgehead atoms. The fourth-order valence-corrected chi connectivity index (χ4v) is 3.38. The number of hydrogen-bond acceptors (Lipinski definition) is 5. The van der Waals surface area contributed by atoms with Crippen molar-refractivity contribution in [2.45, 2.75) is 18.9 Å². The summed E-state index contributed by atoms with van der Waals surface area (Å²) in [5.41, 5.74) is 1.84. The molecule has 1 fully saturated rings. The Labute approximate surface area is 123 Å². The first kappa shape index (κ1) is 14.2. The normalized spacial score (nSPS) is 17.8. The van der Waals surface area contributed by atoms with Gasteiger partial charge in [-0.15, -0.1) is 0 Å². The third kappa shape index (κ3) is 2.71. The minimum absolute atomic E-state index is 0.0474. The van der Waals surface area contributed by atoms with Gasteiger partial charge in [0.2, 0.25) is 0 Å². The maximum absolute atomic E-state index is 11.4. The molecule has 3 rings (SSSR count). The average Bonchev–Trinajstić information content (AvgIpc) is 2.94. The molecule has 2 N–H and O–H groups in total. The van der Waals surface area contributed by atoms with E-state index in [2.05, 4.69) is 15.0 Å². The van der Waals surface area contributed by atoms with E-state index in [9.17, 15) is 8.42 Å². The van der Waals surface area contributed by atoms with Crippen LogP contribution in [-0.2, 0) is 10.2 Å². The first-order chi connectivity index (χ1) is 9.97. The number of nitrogens with two attached hydrogens (primary N) is 1. The Morgan fingerprint density at radius 3 is 2.71 bits per heavy atom. The van der Waals surface area contributed by atoms with E-state index in [1.54, 1.807) is 23.1 Å². The molecule has 21 heavy (non-hydrogen) atoms. The van der Waals surface area contributed by atoms with Gasteiger partial charge in [-0.2, -0.15) is 17.8 Å². The summed E-state index contributed by atoms with van der Waals surface area (Å²) >= 11 is 0. The molecule has 3 heterocycles. The molecule has 0 unspecified atom stereocenters. The van der Waals surface area contributed by atoms with Crippen molar-refractivity contribution in [1.29, 1.82) is 0 Å². The predicted octanol–water partition coefficient (Wildman–Crippen LogP) is -0.167. The number of hydrogen-bond donors (Lipinski definition) is 1. The summed E-state index contributed by atoms with van der Waals surface area (Å²) in [5.74, 6) is 0. The smallest absolute Gasteiger partial charge is 0.276 e. The fraction of sp³-hybridized carbons (Fsp3) is 0.500. The van der Waals surface area contributed by atoms with Gasteiger partial charge in [-0.25, -0.2) is 14.6 Å². The van der Waals surface area contributed by atoms with Crippen LogP contribution in [0.5, 0.6) is 0 Å². The lowest BCUT2D eigenvalue weighted by atomic mass is 10.0. The van der Waals surface area contributed by atoms with Crippen molar-refractivity contribution in [1.82, 2.24) is 18.9 Å². The van der Waals surface area contributed by atoms with Gasteiger partial charge in [0, 0.05) is 38.6 Å². The van der Waals surface area contributed by atoms with Crippen LogP contribution in [0.1, 0.15) is 12.8 Å². The summed E-state index contributed by atoms with van der Waals surface area (Å²) < 4.78 is 25.8. The monoisotopic (exact) mass is 310 g/mol. The number of anilines is 1. The van der Waals surface area contributed by atoms with Gasteiger partial charge in [0.15, 0.2) is 5.65 Å². The molecule has 8 nitrogen and oxygen atoms in total. The second kappa shape index (κ2) is 5.24. The van der Waals surface area contributed by atoms with E-state index in [1.165, 1.54) is 11.4 Å². The first-order valence-electron chi connectivity index (χ1n) is 6.76. The number of fused-ring (bicyclic) bond motifs is 1. The highest BCUT2D eigenvalue weighted by atomic mass is 32.2. The van der Waals surface area contributed by atoms with E-state index in [4.69, 9.17) is 5.14 Å². The van der Waals surface area contributed by atoms with Gasteiger partial charge in [-0.1, -0.05) is 0 Å². The van der Waals surface area contributed by atoms with Crippen LogP contribution in [0.3, 0.4) is 0 Å². The topological polar surface area (TPSA) is 96.8 Å². The predicted molar refractivity (Wildman–Crippen MR) is 79.1 cm³/mol. The standard InChI is InChI=1S/C12H18N6O2S/c1-16(21(13,19)20)10-3-7-17(8-4-10)11-2-5-15-18-9-6-14-12(11)18/h2,5-6,9-10H,3-4,7-8H2,1H3,(H2,13,19,20). The Hall–Kier alpha value is -1.71. The third-order valence-electron chi connectivity index (χ3n) is 4.00. The fourth-order valence-electron chi connectivity index (χ4n) is 2.75. The molecule has 0 aliphatic carbocycles. The highest BCUT2D eigenvalue weighted by molar-refractivity contribution is 7.86. The molecule has 2 aromatic heterocycles. The van der Waals surface area contributed by atoms with E-state index in [0.717, 1.165) is 37.3 Å². The van der Waals surface area contributed by atoms with Crippen LogP contribution in [0.4, 0.5) is 5.69 Å². The number of nitrogens with zero attached hydrogens (tertiary/aromatic N) is 5. The Morgan fingerprint density at radius 1 is 1.33 bits per heavy atom. The van der Waals surface area contributed by atoms with Crippen LogP contribution in [0.25, 0.3) is 5.65 Å². The highest BCUT2D eigenvalue weighted by Gasteiger charge is 2.28. The van der Waals surface area contributed by atoms with Crippen LogP contribution in [-0.4, -0.2) is 53.5 Å². The summed E-state index contributed by atoms with van der Waals surface area (Å²) in [7, 11) is -2.09. The molecule has 0 saturated carbocycles. The first-order valence-corrected chi connectivity index (χ1v) is 8.26. The maximum Gasteiger partial charge on any atom is 0.276 e. The van der Waals surface area contributed by atoms with Gasteiger partial charge in [0.05, 0.1) is 11.9 Å². The Bertz CT molecular complexity index is 735. The van der Waals surface area contributed by atoms with Crippen LogP contribution in [0.15, 0.2) is 24.7 Å². The third-order valence-corrected chi connectivity index (χ3v) is 5.10. The lowest BCUT2D eigenvalue weighted by Crippen LogP contribution is -2.47. The molecule has 1 aliphatic heterocycles. The molecule has 0 radical (unpaired) electrons. The van der Waals surface area contributed by atoms with Crippen molar-refractivity contribution in [2.24, 2.45) is 5.14 Å². The molecule has 9 heteroatoms. The summed E-state index contributed by atoms with van der Waals surface area (Å²) in [6, 6.07) is 1.89. The Morgan fingerprint density at radius 2 is 2.05 bits per heavy atom. The highest BCUT2D eigenvalue weighted by Crippen LogP contribution is 2.25. The molecule has 0 aromatic carbocycles. The van der Waals surface area contributed by atoms with Gasteiger partial charge >= 0.3 is 0 Å². The molecule has 0 spiro atoms. The Kier molecular flexibility index (Phi) is 3.56. The van der Waals surface area contributed by atoms with Crippen molar-refractivity contribution < 1.29 is 8.42 Å². The minimum atomic E-state index is -3.62. The average molecular weight is 310 g/mol. The SMILES string of the molecule is CN(C1CCN(c2ccnn3ccnc23)CC1)S(N)(=O)=O. The summed E-state index contributed by atoms with van der Waals surface area (Å²) in [6.07, 6.45) is 6.74. The second-order valence-corrected chi connectivity index (χ2v) is 6.80. The molecular weight excluding hydrogens is 292 g/mol. The molecule has 1 saturated heterocycles. The minimum Gasteiger partial charge on any atom is -0.368 e. The van der Waals surface area contributed by atoms with E-state index >= 15 is 0 Å². The molecule has 2 aromatic rings. The van der Waals surface area contributed by atoms with Crippen molar-refractivity contribution in [3.63, 3.8) is 0 Å². The van der Waals surface area contributed by atoms with E-state index in [-0.39, 0.29) is 6.04 Å². The number of piperidine rings is 1. The van der Waals surface area contributed by atoms with Crippen molar-refractivity contribution in [3.8, 4) is 0 Å². The van der Waals surface area contributed by atoms with Crippen LogP contribution in [0.2, 0.25) is 0 Å². The number of rotatable bonds is 3. The molecule has 0 amide bonds. The quantitative estimate of drug-likeness (QED) is 0.849. The van der Waals surface area contributed by atoms with E-state index < -0.39 is 10.2 Å². The number of imidazole rings is 1. The maximum atomic E-state index is 11.4. The van der Waals surface area contributed by atoms with Gasteiger partial charge in [0.1, 0.15) is 0 Å². The van der Waals surface area contributed by atoms with Gasteiger partial charge in [-0.05, 0) is 18.9 Å². The largest absolute Gasteiger partial charge is 0.368 e. The molecule has 114 valence electrons. The van der Waals surface area contributed by atoms with Crippen LogP contribution in [0, 0.1) is 0 Å². The molecule has 0 atom stereocenters. The zero-order valence-electron chi connectivity index (χ0n) is 11.8. The van der Waals surface area contributed by atoms with Crippen LogP contribution >= 0.6 is 0 Å². The summed E-state index contributed by atoms with van der Waals surface area (Å²) in [6.45, 7) is 1.52. The zero-order chi connectivity index (χ0) is 15.0. The lowest BCUT2D eigenvalue weighted by molar-refractivity contribution is 0.312. The second-order valence-electron chi connectivity index (χ2n) is 5.19. The van der Waals surface area contributed by atoms with Crippen LogP contribution < -0.4 is 10.0 Å². The zero-order valence-corrected chi connectivity index (χ0v) is 12.6. The van der Waals surface area contributed by atoms with Gasteiger partial charge in [0.25, 0.3) is 10.2 Å². The molecular formula is C12H18N6O2S. The lowest BCUT2D eigenvalue weighted by Gasteiger charge is -2.36. The summed E-state index contributed by atoms with van der Waals surface area (Å²) in [5, 5.41) is 9.37. The number of aromatic nitrogens is 3. The van der Waals surface area contributed by atoms with E-state index in [0.29, 0.717) is 0 Å². The van der Waals surface area contributed by atoms with Gasteiger partial charge < -0.3 is 4.90 Å². The van der Waals surface area contributed by atoms with Crippen molar-refractivity contribution >= 4 is 21.5 Å². The Balaban J connectivity index is 1.76.